The lowest BCUT2D eigenvalue weighted by atomic mass is 9.77. The van der Waals surface area contributed by atoms with Gasteiger partial charge >= 0.3 is 6.18 Å². The molecule has 0 saturated carbocycles. The van der Waals surface area contributed by atoms with Gasteiger partial charge in [0.2, 0.25) is 0 Å². The number of rotatable bonds is 6. The molecule has 5 heteroatoms. The number of methoxy groups -OCH3 is 1. The highest BCUT2D eigenvalue weighted by Gasteiger charge is 2.36. The molecule has 2 nitrogen and oxygen atoms in total. The summed E-state index contributed by atoms with van der Waals surface area (Å²) in [5.41, 5.74) is -0.120. The number of allylic oxidation sites excluding steroid dienone is 2. The van der Waals surface area contributed by atoms with Crippen molar-refractivity contribution in [1.82, 2.24) is 5.32 Å². The first-order chi connectivity index (χ1) is 9.98. The zero-order valence-corrected chi connectivity index (χ0v) is 12.0. The van der Waals surface area contributed by atoms with Crippen molar-refractivity contribution in [2.24, 2.45) is 0 Å². The first-order valence-corrected chi connectivity index (χ1v) is 7.00. The van der Waals surface area contributed by atoms with Crippen molar-refractivity contribution in [3.8, 4) is 0 Å². The first kappa shape index (κ1) is 16.0. The minimum atomic E-state index is -4.30. The summed E-state index contributed by atoms with van der Waals surface area (Å²) in [6, 6.07) is 5.69. The molecule has 0 saturated heterocycles. The summed E-state index contributed by atoms with van der Waals surface area (Å²) in [5, 5.41) is 3.28. The standard InChI is InChI=1S/C16H20F3NO/c1-21-10-9-20-12-15(7-2-3-8-15)13-5-4-6-14(11-13)16(17,18)19/h2-6,11,20H,7-10,12H2,1H3. The number of nitrogens with one attached hydrogen (secondary N) is 1. The average molecular weight is 299 g/mol. The summed E-state index contributed by atoms with van der Waals surface area (Å²) >= 11 is 0. The zero-order valence-electron chi connectivity index (χ0n) is 12.0. The molecule has 21 heavy (non-hydrogen) atoms. The van der Waals surface area contributed by atoms with Crippen molar-refractivity contribution in [1.29, 1.82) is 0 Å². The van der Waals surface area contributed by atoms with Gasteiger partial charge in [0.25, 0.3) is 0 Å². The van der Waals surface area contributed by atoms with Crippen LogP contribution in [0.25, 0.3) is 0 Å². The van der Waals surface area contributed by atoms with Gasteiger partial charge in [0.1, 0.15) is 0 Å². The van der Waals surface area contributed by atoms with Gasteiger partial charge in [-0.25, -0.2) is 0 Å². The molecule has 1 N–H and O–H groups in total. The van der Waals surface area contributed by atoms with E-state index in [0.717, 1.165) is 24.5 Å². The first-order valence-electron chi connectivity index (χ1n) is 7.00. The molecule has 0 radical (unpaired) electrons. The van der Waals surface area contributed by atoms with E-state index in [1.807, 2.05) is 12.2 Å². The van der Waals surface area contributed by atoms with E-state index in [1.165, 1.54) is 12.1 Å². The lowest BCUT2D eigenvalue weighted by Gasteiger charge is -2.31. The predicted octanol–water partition coefficient (Wildman–Crippen LogP) is 3.53. The Morgan fingerprint density at radius 1 is 1.24 bits per heavy atom. The minimum absolute atomic E-state index is 0.283. The summed E-state index contributed by atoms with van der Waals surface area (Å²) in [7, 11) is 1.63. The van der Waals surface area contributed by atoms with E-state index in [2.05, 4.69) is 5.32 Å². The molecule has 2 rings (SSSR count). The highest BCUT2D eigenvalue weighted by Crippen LogP contribution is 2.39. The van der Waals surface area contributed by atoms with Crippen LogP contribution in [-0.4, -0.2) is 26.8 Å². The number of hydrogen-bond donors (Lipinski definition) is 1. The largest absolute Gasteiger partial charge is 0.416 e. The van der Waals surface area contributed by atoms with E-state index in [1.54, 1.807) is 13.2 Å². The smallest absolute Gasteiger partial charge is 0.383 e. The Balaban J connectivity index is 2.18. The molecule has 0 fully saturated rings. The van der Waals surface area contributed by atoms with Crippen LogP contribution < -0.4 is 5.32 Å². The molecule has 1 aromatic carbocycles. The van der Waals surface area contributed by atoms with Gasteiger partial charge in [-0.15, -0.1) is 0 Å². The van der Waals surface area contributed by atoms with Gasteiger partial charge in [-0.2, -0.15) is 13.2 Å². The Morgan fingerprint density at radius 3 is 2.57 bits per heavy atom. The summed E-state index contributed by atoms with van der Waals surface area (Å²) in [5.74, 6) is 0. The molecule has 0 amide bonds. The van der Waals surface area contributed by atoms with E-state index >= 15 is 0 Å². The van der Waals surface area contributed by atoms with Crippen molar-refractivity contribution in [2.45, 2.75) is 24.4 Å². The fourth-order valence-corrected chi connectivity index (χ4v) is 2.71. The van der Waals surface area contributed by atoms with E-state index in [9.17, 15) is 13.2 Å². The SMILES string of the molecule is COCCNCC1(c2cccc(C(F)(F)F)c2)CC=CC1. The van der Waals surface area contributed by atoms with Crippen LogP contribution in [0.2, 0.25) is 0 Å². The Bertz CT molecular complexity index is 489. The van der Waals surface area contributed by atoms with Crippen molar-refractivity contribution in [3.05, 3.63) is 47.5 Å². The third-order valence-corrected chi connectivity index (χ3v) is 3.93. The van der Waals surface area contributed by atoms with Crippen LogP contribution in [0.1, 0.15) is 24.0 Å². The fourth-order valence-electron chi connectivity index (χ4n) is 2.71. The minimum Gasteiger partial charge on any atom is -0.383 e. The molecule has 0 bridgehead atoms. The molecular formula is C16H20F3NO. The van der Waals surface area contributed by atoms with Crippen molar-refractivity contribution >= 4 is 0 Å². The monoisotopic (exact) mass is 299 g/mol. The Labute approximate surface area is 123 Å². The van der Waals surface area contributed by atoms with Gasteiger partial charge in [-0.1, -0.05) is 30.4 Å². The van der Waals surface area contributed by atoms with Gasteiger partial charge in [0.05, 0.1) is 12.2 Å². The van der Waals surface area contributed by atoms with Crippen molar-refractivity contribution in [3.63, 3.8) is 0 Å². The molecule has 1 aliphatic rings. The second kappa shape index (κ2) is 6.62. The van der Waals surface area contributed by atoms with Crippen LogP contribution >= 0.6 is 0 Å². The highest BCUT2D eigenvalue weighted by atomic mass is 19.4. The molecule has 0 unspecified atom stereocenters. The third-order valence-electron chi connectivity index (χ3n) is 3.93. The number of alkyl halides is 3. The van der Waals surface area contributed by atoms with Crippen LogP contribution in [0, 0.1) is 0 Å². The Hall–Kier alpha value is -1.33. The second-order valence-electron chi connectivity index (χ2n) is 5.41. The average Bonchev–Trinajstić information content (AvgIpc) is 2.93. The second-order valence-corrected chi connectivity index (χ2v) is 5.41. The fraction of sp³-hybridized carbons (Fsp3) is 0.500. The maximum Gasteiger partial charge on any atom is 0.416 e. The molecule has 0 atom stereocenters. The Kier molecular flexibility index (Phi) is 5.06. The van der Waals surface area contributed by atoms with Gasteiger partial charge in [-0.05, 0) is 24.5 Å². The quantitative estimate of drug-likeness (QED) is 0.641. The maximum absolute atomic E-state index is 12.9. The van der Waals surface area contributed by atoms with Gasteiger partial charge in [-0.3, -0.25) is 0 Å². The third kappa shape index (κ3) is 3.86. The number of halogens is 3. The molecule has 0 heterocycles. The van der Waals surface area contributed by atoms with E-state index in [-0.39, 0.29) is 5.41 Å². The zero-order chi connectivity index (χ0) is 15.3. The van der Waals surface area contributed by atoms with Crippen LogP contribution in [0.4, 0.5) is 13.2 Å². The molecule has 0 aliphatic heterocycles. The van der Waals surface area contributed by atoms with Crippen LogP contribution in [0.15, 0.2) is 36.4 Å². The summed E-state index contributed by atoms with van der Waals surface area (Å²) < 4.78 is 43.6. The van der Waals surface area contributed by atoms with Crippen molar-refractivity contribution in [2.75, 3.05) is 26.8 Å². The van der Waals surface area contributed by atoms with Crippen LogP contribution in [0.5, 0.6) is 0 Å². The molecule has 1 aliphatic carbocycles. The van der Waals surface area contributed by atoms with Gasteiger partial charge in [0, 0.05) is 25.6 Å². The predicted molar refractivity (Wildman–Crippen MR) is 76.2 cm³/mol. The maximum atomic E-state index is 12.9. The van der Waals surface area contributed by atoms with E-state index in [0.29, 0.717) is 19.7 Å². The summed E-state index contributed by atoms with van der Waals surface area (Å²) in [6.07, 6.45) is 1.30. The van der Waals surface area contributed by atoms with E-state index < -0.39 is 11.7 Å². The van der Waals surface area contributed by atoms with Crippen LogP contribution in [-0.2, 0) is 16.3 Å². The molecule has 0 aromatic heterocycles. The van der Waals surface area contributed by atoms with Crippen LogP contribution in [0.3, 0.4) is 0 Å². The molecule has 116 valence electrons. The van der Waals surface area contributed by atoms with E-state index in [4.69, 9.17) is 4.74 Å². The number of benzene rings is 1. The summed E-state index contributed by atoms with van der Waals surface area (Å²) in [4.78, 5) is 0. The molecule has 1 aromatic rings. The molecule has 0 spiro atoms. The Morgan fingerprint density at radius 2 is 1.95 bits per heavy atom. The lowest BCUT2D eigenvalue weighted by Crippen LogP contribution is -2.37. The number of hydrogen-bond acceptors (Lipinski definition) is 2. The van der Waals surface area contributed by atoms with Gasteiger partial charge in [0.15, 0.2) is 0 Å². The lowest BCUT2D eigenvalue weighted by molar-refractivity contribution is -0.137. The topological polar surface area (TPSA) is 21.3 Å². The molecular weight excluding hydrogens is 279 g/mol. The summed E-state index contributed by atoms with van der Waals surface area (Å²) in [6.45, 7) is 1.92. The van der Waals surface area contributed by atoms with Crippen molar-refractivity contribution < 1.29 is 17.9 Å². The van der Waals surface area contributed by atoms with Gasteiger partial charge < -0.3 is 10.1 Å². The highest BCUT2D eigenvalue weighted by molar-refractivity contribution is 5.35. The normalized spacial score (nSPS) is 17.3. The number of ether oxygens (including phenoxy) is 1.